The fourth-order valence-corrected chi connectivity index (χ4v) is 1.86. The predicted octanol–water partition coefficient (Wildman–Crippen LogP) is 1.85. The third kappa shape index (κ3) is 4.03. The van der Waals surface area contributed by atoms with Gasteiger partial charge in [0, 0.05) is 11.8 Å². The van der Waals surface area contributed by atoms with Crippen molar-refractivity contribution >= 4 is 23.2 Å². The maximum absolute atomic E-state index is 13.3. The van der Waals surface area contributed by atoms with Gasteiger partial charge in [-0.3, -0.25) is 19.7 Å². The molecule has 0 saturated carbocycles. The van der Waals surface area contributed by atoms with Crippen LogP contribution in [0.5, 0.6) is 5.75 Å². The van der Waals surface area contributed by atoms with E-state index in [-0.39, 0.29) is 17.0 Å². The molecule has 0 unspecified atom stereocenters. The molecule has 0 atom stereocenters. The average Bonchev–Trinajstić information content (AvgIpc) is 2.54. The van der Waals surface area contributed by atoms with Crippen LogP contribution in [0.3, 0.4) is 0 Å². The van der Waals surface area contributed by atoms with Gasteiger partial charge < -0.3 is 15.8 Å². The van der Waals surface area contributed by atoms with Crippen LogP contribution in [-0.2, 0) is 4.79 Å². The SMILES string of the molecule is NC(=O)COc1ccccc1C(=O)Nc1ccc(F)c([N+](=O)[O-])c1. The fraction of sp³-hybridized carbons (Fsp3) is 0.0667. The number of nitrogens with one attached hydrogen (secondary N) is 1. The molecule has 2 aromatic carbocycles. The Hall–Kier alpha value is -3.49. The number of anilines is 1. The molecule has 9 heteroatoms. The Morgan fingerprint density at radius 3 is 2.62 bits per heavy atom. The molecule has 0 aliphatic carbocycles. The smallest absolute Gasteiger partial charge is 0.306 e. The van der Waals surface area contributed by atoms with E-state index in [1.165, 1.54) is 18.2 Å². The van der Waals surface area contributed by atoms with Crippen LogP contribution in [0.4, 0.5) is 15.8 Å². The molecule has 3 N–H and O–H groups in total. The molecular weight excluding hydrogens is 321 g/mol. The quantitative estimate of drug-likeness (QED) is 0.616. The number of ether oxygens (including phenoxy) is 1. The minimum Gasteiger partial charge on any atom is -0.483 e. The molecule has 0 saturated heterocycles. The topological polar surface area (TPSA) is 125 Å². The number of rotatable bonds is 6. The number of nitrogens with two attached hydrogens (primary N) is 1. The second-order valence-corrected chi connectivity index (χ2v) is 4.63. The van der Waals surface area contributed by atoms with E-state index in [0.717, 1.165) is 12.1 Å². The van der Waals surface area contributed by atoms with Gasteiger partial charge in [-0.15, -0.1) is 0 Å². The summed E-state index contributed by atoms with van der Waals surface area (Å²) in [4.78, 5) is 32.9. The lowest BCUT2D eigenvalue weighted by atomic mass is 10.1. The van der Waals surface area contributed by atoms with Gasteiger partial charge in [-0.1, -0.05) is 12.1 Å². The van der Waals surface area contributed by atoms with Crippen molar-refractivity contribution in [3.63, 3.8) is 0 Å². The van der Waals surface area contributed by atoms with E-state index in [9.17, 15) is 24.1 Å². The fourth-order valence-electron chi connectivity index (χ4n) is 1.86. The van der Waals surface area contributed by atoms with Crippen molar-refractivity contribution in [2.45, 2.75) is 0 Å². The lowest BCUT2D eigenvalue weighted by Crippen LogP contribution is -2.21. The van der Waals surface area contributed by atoms with Crippen LogP contribution in [0.15, 0.2) is 42.5 Å². The number of hydrogen-bond acceptors (Lipinski definition) is 5. The van der Waals surface area contributed by atoms with E-state index < -0.39 is 34.8 Å². The number of carbonyl (C=O) groups excluding carboxylic acids is 2. The number of nitro benzene ring substituents is 1. The molecule has 0 spiro atoms. The molecule has 124 valence electrons. The molecule has 0 aliphatic rings. The van der Waals surface area contributed by atoms with Gasteiger partial charge in [0.25, 0.3) is 11.8 Å². The maximum Gasteiger partial charge on any atom is 0.306 e. The Bertz CT molecular complexity index is 809. The summed E-state index contributed by atoms with van der Waals surface area (Å²) in [6.45, 7) is -0.410. The van der Waals surface area contributed by atoms with Crippen molar-refractivity contribution in [2.75, 3.05) is 11.9 Å². The lowest BCUT2D eigenvalue weighted by molar-refractivity contribution is -0.387. The Balaban J connectivity index is 2.23. The highest BCUT2D eigenvalue weighted by Gasteiger charge is 2.17. The van der Waals surface area contributed by atoms with Gasteiger partial charge in [0.1, 0.15) is 5.75 Å². The van der Waals surface area contributed by atoms with Gasteiger partial charge in [-0.2, -0.15) is 4.39 Å². The summed E-state index contributed by atoms with van der Waals surface area (Å²) in [5.41, 5.74) is 4.36. The zero-order chi connectivity index (χ0) is 17.7. The zero-order valence-corrected chi connectivity index (χ0v) is 12.2. The Morgan fingerprint density at radius 1 is 1.25 bits per heavy atom. The van der Waals surface area contributed by atoms with Crippen LogP contribution in [0, 0.1) is 15.9 Å². The van der Waals surface area contributed by atoms with E-state index in [0.29, 0.717) is 0 Å². The van der Waals surface area contributed by atoms with Crippen LogP contribution < -0.4 is 15.8 Å². The minimum atomic E-state index is -1.01. The van der Waals surface area contributed by atoms with Crippen molar-refractivity contribution in [1.82, 2.24) is 0 Å². The largest absolute Gasteiger partial charge is 0.483 e. The zero-order valence-electron chi connectivity index (χ0n) is 12.2. The third-order valence-electron chi connectivity index (χ3n) is 2.90. The number of primary amides is 1. The van der Waals surface area contributed by atoms with Crippen molar-refractivity contribution in [2.24, 2.45) is 5.73 Å². The Kier molecular flexibility index (Phi) is 5.05. The van der Waals surface area contributed by atoms with Gasteiger partial charge in [0.05, 0.1) is 10.5 Å². The van der Waals surface area contributed by atoms with Crippen LogP contribution in [0.25, 0.3) is 0 Å². The highest BCUT2D eigenvalue weighted by molar-refractivity contribution is 6.06. The number of amides is 2. The highest BCUT2D eigenvalue weighted by atomic mass is 19.1. The van der Waals surface area contributed by atoms with E-state index in [4.69, 9.17) is 10.5 Å². The van der Waals surface area contributed by atoms with Crippen molar-refractivity contribution in [1.29, 1.82) is 0 Å². The summed E-state index contributed by atoms with van der Waals surface area (Å²) in [7, 11) is 0. The molecular formula is C15H12FN3O5. The molecule has 0 aliphatic heterocycles. The molecule has 0 fully saturated rings. The molecule has 0 heterocycles. The Labute approximate surface area is 135 Å². The van der Waals surface area contributed by atoms with Crippen LogP contribution in [0.1, 0.15) is 10.4 Å². The Morgan fingerprint density at radius 2 is 1.96 bits per heavy atom. The van der Waals surface area contributed by atoms with Crippen LogP contribution in [-0.4, -0.2) is 23.3 Å². The summed E-state index contributed by atoms with van der Waals surface area (Å²) in [6, 6.07) is 9.03. The number of para-hydroxylation sites is 1. The first-order chi connectivity index (χ1) is 11.4. The van der Waals surface area contributed by atoms with Gasteiger partial charge in [0.15, 0.2) is 6.61 Å². The molecule has 0 aromatic heterocycles. The van der Waals surface area contributed by atoms with E-state index in [2.05, 4.69) is 5.32 Å². The van der Waals surface area contributed by atoms with E-state index in [1.807, 2.05) is 0 Å². The van der Waals surface area contributed by atoms with Crippen molar-refractivity contribution < 1.29 is 23.6 Å². The second kappa shape index (κ2) is 7.18. The minimum absolute atomic E-state index is 0.0396. The van der Waals surface area contributed by atoms with E-state index in [1.54, 1.807) is 12.1 Å². The summed E-state index contributed by atoms with van der Waals surface area (Å²) in [5, 5.41) is 13.1. The van der Waals surface area contributed by atoms with Crippen LogP contribution in [0.2, 0.25) is 0 Å². The lowest BCUT2D eigenvalue weighted by Gasteiger charge is -2.10. The van der Waals surface area contributed by atoms with Crippen LogP contribution >= 0.6 is 0 Å². The standard InChI is InChI=1S/C15H12FN3O5/c16-11-6-5-9(7-12(11)19(22)23)18-15(21)10-3-1-2-4-13(10)24-8-14(17)20/h1-7H,8H2,(H2,17,20)(H,18,21). The second-order valence-electron chi connectivity index (χ2n) is 4.63. The normalized spacial score (nSPS) is 10.0. The monoisotopic (exact) mass is 333 g/mol. The third-order valence-corrected chi connectivity index (χ3v) is 2.90. The molecule has 8 nitrogen and oxygen atoms in total. The number of nitro groups is 1. The number of benzene rings is 2. The van der Waals surface area contributed by atoms with Gasteiger partial charge in [-0.05, 0) is 24.3 Å². The first kappa shape index (κ1) is 16.9. The highest BCUT2D eigenvalue weighted by Crippen LogP contribution is 2.24. The van der Waals surface area contributed by atoms with Crippen molar-refractivity contribution in [3.05, 3.63) is 64.0 Å². The number of halogens is 1. The van der Waals surface area contributed by atoms with E-state index >= 15 is 0 Å². The number of hydrogen-bond donors (Lipinski definition) is 2. The summed E-state index contributed by atoms with van der Waals surface area (Å²) < 4.78 is 18.4. The number of carbonyl (C=O) groups is 2. The van der Waals surface area contributed by atoms with Gasteiger partial charge in [0.2, 0.25) is 5.82 Å². The molecule has 2 aromatic rings. The summed E-state index contributed by atoms with van der Waals surface area (Å²) in [6.07, 6.45) is 0. The summed E-state index contributed by atoms with van der Waals surface area (Å²) in [5.74, 6) is -2.25. The molecule has 2 amide bonds. The van der Waals surface area contributed by atoms with Gasteiger partial charge >= 0.3 is 5.69 Å². The molecule has 24 heavy (non-hydrogen) atoms. The average molecular weight is 333 g/mol. The molecule has 0 radical (unpaired) electrons. The first-order valence-corrected chi connectivity index (χ1v) is 6.64. The summed E-state index contributed by atoms with van der Waals surface area (Å²) >= 11 is 0. The first-order valence-electron chi connectivity index (χ1n) is 6.64. The molecule has 2 rings (SSSR count). The maximum atomic E-state index is 13.3. The van der Waals surface area contributed by atoms with Gasteiger partial charge in [-0.25, -0.2) is 0 Å². The predicted molar refractivity (Wildman–Crippen MR) is 82.1 cm³/mol. The van der Waals surface area contributed by atoms with Crippen molar-refractivity contribution in [3.8, 4) is 5.75 Å². The number of nitrogens with zero attached hydrogens (tertiary/aromatic N) is 1. The molecule has 0 bridgehead atoms.